The second-order valence-electron chi connectivity index (χ2n) is 7.41. The number of likely N-dealkylation sites (tertiary alicyclic amines) is 1. The number of nitrogens with zero attached hydrogens (tertiary/aromatic N) is 3. The molecule has 0 unspecified atom stereocenters. The minimum atomic E-state index is 0.0352. The van der Waals surface area contributed by atoms with E-state index in [4.69, 9.17) is 9.26 Å². The summed E-state index contributed by atoms with van der Waals surface area (Å²) in [5.74, 6) is 1.29. The summed E-state index contributed by atoms with van der Waals surface area (Å²) in [5.41, 5.74) is 1.11. The summed E-state index contributed by atoms with van der Waals surface area (Å²) in [7, 11) is 0. The van der Waals surface area contributed by atoms with Crippen molar-refractivity contribution < 1.29 is 14.1 Å². The van der Waals surface area contributed by atoms with Gasteiger partial charge < -0.3 is 19.5 Å². The van der Waals surface area contributed by atoms with Crippen molar-refractivity contribution in [2.45, 2.75) is 57.3 Å². The Bertz CT molecular complexity index is 737. The lowest BCUT2D eigenvalue weighted by atomic mass is 9.95. The molecule has 2 fully saturated rings. The third-order valence-corrected chi connectivity index (χ3v) is 5.29. The van der Waals surface area contributed by atoms with Gasteiger partial charge in [0.15, 0.2) is 5.82 Å². The van der Waals surface area contributed by atoms with Gasteiger partial charge in [0, 0.05) is 19.1 Å². The van der Waals surface area contributed by atoms with Crippen molar-refractivity contribution in [3.63, 3.8) is 0 Å². The summed E-state index contributed by atoms with van der Waals surface area (Å²) in [6.45, 7) is 2.09. The van der Waals surface area contributed by atoms with E-state index in [1.165, 1.54) is 19.3 Å². The summed E-state index contributed by atoms with van der Waals surface area (Å²) in [6.07, 6.45) is 5.91. The van der Waals surface area contributed by atoms with Crippen molar-refractivity contribution in [3.05, 3.63) is 47.6 Å². The zero-order valence-corrected chi connectivity index (χ0v) is 15.5. The van der Waals surface area contributed by atoms with Crippen LogP contribution in [0, 0.1) is 0 Å². The van der Waals surface area contributed by atoms with E-state index in [0.717, 1.165) is 18.4 Å². The molecular weight excluding hydrogens is 344 g/mol. The van der Waals surface area contributed by atoms with Gasteiger partial charge in [-0.15, -0.1) is 0 Å². The lowest BCUT2D eigenvalue weighted by Gasteiger charge is -2.38. The Hall–Kier alpha value is -2.41. The average molecular weight is 370 g/mol. The van der Waals surface area contributed by atoms with E-state index in [2.05, 4.69) is 15.5 Å². The Morgan fingerprint density at radius 1 is 1.15 bits per heavy atom. The van der Waals surface area contributed by atoms with Gasteiger partial charge in [0.05, 0.1) is 12.5 Å². The van der Waals surface area contributed by atoms with E-state index < -0.39 is 0 Å². The molecule has 1 aliphatic heterocycles. The fourth-order valence-electron chi connectivity index (χ4n) is 3.64. The summed E-state index contributed by atoms with van der Waals surface area (Å²) in [4.78, 5) is 18.5. The lowest BCUT2D eigenvalue weighted by Crippen LogP contribution is -2.54. The Morgan fingerprint density at radius 3 is 2.70 bits per heavy atom. The average Bonchev–Trinajstić information content (AvgIpc) is 3.10. The molecule has 7 nitrogen and oxygen atoms in total. The lowest BCUT2D eigenvalue weighted by molar-refractivity contribution is 0.0850. The van der Waals surface area contributed by atoms with Crippen LogP contribution in [0.5, 0.6) is 0 Å². The smallest absolute Gasteiger partial charge is 0.317 e. The van der Waals surface area contributed by atoms with Gasteiger partial charge in [0.1, 0.15) is 6.61 Å². The predicted molar refractivity (Wildman–Crippen MR) is 99.0 cm³/mol. The summed E-state index contributed by atoms with van der Waals surface area (Å²) >= 11 is 0. The number of rotatable bonds is 6. The van der Waals surface area contributed by atoms with Crippen LogP contribution < -0.4 is 5.32 Å². The minimum Gasteiger partial charge on any atom is -0.367 e. The van der Waals surface area contributed by atoms with Gasteiger partial charge >= 0.3 is 6.03 Å². The SMILES string of the molecule is O=C(NC1CCCCC1)N1CC(c2noc(COCc3ccccc3)n2)C1. The standard InChI is InChI=1S/C20H26N4O3/c25-20(21-17-9-5-2-6-10-17)24-11-16(12-24)19-22-18(27-23-19)14-26-13-15-7-3-1-4-8-15/h1,3-4,7-8,16-17H,2,5-6,9-14H2,(H,21,25). The van der Waals surface area contributed by atoms with Crippen molar-refractivity contribution in [1.82, 2.24) is 20.4 Å². The molecule has 1 aromatic carbocycles. The molecule has 1 saturated carbocycles. The van der Waals surface area contributed by atoms with E-state index in [0.29, 0.717) is 44.1 Å². The first-order valence-corrected chi connectivity index (χ1v) is 9.77. The molecule has 2 heterocycles. The maximum absolute atomic E-state index is 12.3. The topological polar surface area (TPSA) is 80.5 Å². The van der Waals surface area contributed by atoms with Crippen LogP contribution in [0.25, 0.3) is 0 Å². The van der Waals surface area contributed by atoms with Crippen LogP contribution in [-0.4, -0.2) is 40.2 Å². The third-order valence-electron chi connectivity index (χ3n) is 5.29. The normalized spacial score (nSPS) is 18.3. The highest BCUT2D eigenvalue weighted by Gasteiger charge is 2.35. The van der Waals surface area contributed by atoms with Crippen molar-refractivity contribution in [2.24, 2.45) is 0 Å². The van der Waals surface area contributed by atoms with Crippen LogP contribution in [-0.2, 0) is 18.0 Å². The number of carbonyl (C=O) groups is 1. The molecule has 1 saturated heterocycles. The fraction of sp³-hybridized carbons (Fsp3) is 0.550. The van der Waals surface area contributed by atoms with Crippen molar-refractivity contribution in [2.75, 3.05) is 13.1 Å². The molecule has 2 amide bonds. The number of carbonyl (C=O) groups excluding carboxylic acids is 1. The van der Waals surface area contributed by atoms with Gasteiger partial charge in [0.2, 0.25) is 0 Å². The maximum atomic E-state index is 12.3. The number of ether oxygens (including phenoxy) is 1. The second-order valence-corrected chi connectivity index (χ2v) is 7.41. The first-order valence-electron chi connectivity index (χ1n) is 9.77. The first kappa shape index (κ1) is 18.0. The number of benzene rings is 1. The molecule has 2 aliphatic rings. The second kappa shape index (κ2) is 8.52. The van der Waals surface area contributed by atoms with Gasteiger partial charge in [-0.2, -0.15) is 4.98 Å². The highest BCUT2D eigenvalue weighted by atomic mass is 16.5. The number of amides is 2. The molecule has 4 rings (SSSR count). The van der Waals surface area contributed by atoms with Crippen molar-refractivity contribution in [1.29, 1.82) is 0 Å². The van der Waals surface area contributed by atoms with Crippen molar-refractivity contribution >= 4 is 6.03 Å². The zero-order chi connectivity index (χ0) is 18.5. The molecule has 2 aromatic rings. The summed E-state index contributed by atoms with van der Waals surface area (Å²) in [5, 5.41) is 7.19. The molecule has 7 heteroatoms. The molecule has 0 bridgehead atoms. The van der Waals surface area contributed by atoms with Gasteiger partial charge in [0.25, 0.3) is 5.89 Å². The predicted octanol–water partition coefficient (Wildman–Crippen LogP) is 3.23. The van der Waals surface area contributed by atoms with Crippen LogP contribution >= 0.6 is 0 Å². The van der Waals surface area contributed by atoms with Crippen LogP contribution in [0.4, 0.5) is 4.79 Å². The summed E-state index contributed by atoms with van der Waals surface area (Å²) < 4.78 is 10.9. The quantitative estimate of drug-likeness (QED) is 0.844. The number of nitrogens with one attached hydrogen (secondary N) is 1. The Balaban J connectivity index is 1.19. The summed E-state index contributed by atoms with van der Waals surface area (Å²) in [6, 6.07) is 10.3. The fourth-order valence-corrected chi connectivity index (χ4v) is 3.64. The van der Waals surface area contributed by atoms with Gasteiger partial charge in [-0.25, -0.2) is 4.79 Å². The number of hydrogen-bond donors (Lipinski definition) is 1. The van der Waals surface area contributed by atoms with Crippen LogP contribution in [0.2, 0.25) is 0 Å². The highest BCUT2D eigenvalue weighted by Crippen LogP contribution is 2.25. The Morgan fingerprint density at radius 2 is 1.93 bits per heavy atom. The van der Waals surface area contributed by atoms with Crippen LogP contribution in [0.1, 0.15) is 55.3 Å². The molecule has 0 radical (unpaired) electrons. The van der Waals surface area contributed by atoms with E-state index in [-0.39, 0.29) is 11.9 Å². The molecule has 1 aliphatic carbocycles. The largest absolute Gasteiger partial charge is 0.367 e. The van der Waals surface area contributed by atoms with Gasteiger partial charge in [-0.3, -0.25) is 0 Å². The minimum absolute atomic E-state index is 0.0352. The van der Waals surface area contributed by atoms with E-state index >= 15 is 0 Å². The molecular formula is C20H26N4O3. The highest BCUT2D eigenvalue weighted by molar-refractivity contribution is 5.75. The van der Waals surface area contributed by atoms with E-state index in [1.54, 1.807) is 0 Å². The molecule has 0 spiro atoms. The monoisotopic (exact) mass is 370 g/mol. The zero-order valence-electron chi connectivity index (χ0n) is 15.5. The Kier molecular flexibility index (Phi) is 5.67. The van der Waals surface area contributed by atoms with E-state index in [9.17, 15) is 4.79 Å². The molecule has 27 heavy (non-hydrogen) atoms. The van der Waals surface area contributed by atoms with Gasteiger partial charge in [-0.05, 0) is 18.4 Å². The third kappa shape index (κ3) is 4.66. The van der Waals surface area contributed by atoms with Crippen LogP contribution in [0.15, 0.2) is 34.9 Å². The number of urea groups is 1. The maximum Gasteiger partial charge on any atom is 0.317 e. The Labute approximate surface area is 159 Å². The molecule has 1 aromatic heterocycles. The number of hydrogen-bond acceptors (Lipinski definition) is 5. The molecule has 144 valence electrons. The van der Waals surface area contributed by atoms with E-state index in [1.807, 2.05) is 35.2 Å². The number of aromatic nitrogens is 2. The van der Waals surface area contributed by atoms with Crippen LogP contribution in [0.3, 0.4) is 0 Å². The molecule has 1 N–H and O–H groups in total. The van der Waals surface area contributed by atoms with Gasteiger partial charge in [-0.1, -0.05) is 54.8 Å². The molecule has 0 atom stereocenters. The first-order chi connectivity index (χ1) is 13.3. The van der Waals surface area contributed by atoms with Crippen molar-refractivity contribution in [3.8, 4) is 0 Å².